The van der Waals surface area contributed by atoms with Gasteiger partial charge >= 0.3 is 5.97 Å². The molecular weight excluding hydrogens is 352 g/mol. The average Bonchev–Trinajstić information content (AvgIpc) is 3.17. The summed E-state index contributed by atoms with van der Waals surface area (Å²) >= 11 is 1.59. The number of hydrogen-bond donors (Lipinski definition) is 2. The van der Waals surface area contributed by atoms with Crippen molar-refractivity contribution in [1.29, 1.82) is 0 Å². The molecule has 6 nitrogen and oxygen atoms in total. The van der Waals surface area contributed by atoms with Gasteiger partial charge in [0.25, 0.3) is 5.91 Å². The molecule has 1 aliphatic heterocycles. The number of carboxylic acids is 1. The molecule has 0 spiro atoms. The lowest BCUT2D eigenvalue weighted by molar-refractivity contribution is -0.144. The molecule has 0 bridgehead atoms. The molecule has 0 aromatic carbocycles. The number of nitrogens with one attached hydrogen (secondary N) is 1. The fraction of sp³-hybridized carbons (Fsp3) is 0.421. The summed E-state index contributed by atoms with van der Waals surface area (Å²) < 4.78 is 5.29. The number of hydrogen-bond acceptors (Lipinski definition) is 5. The first kappa shape index (κ1) is 18.5. The molecule has 1 amide bonds. The SMILES string of the molecule is Cc1nc(-c2cccs2)ccc1C(=O)NCC(C(=O)O)C1CCOCC1. The molecule has 0 radical (unpaired) electrons. The summed E-state index contributed by atoms with van der Waals surface area (Å²) in [6.45, 7) is 3.06. The van der Waals surface area contributed by atoms with Gasteiger partial charge in [0.2, 0.25) is 0 Å². The van der Waals surface area contributed by atoms with Crippen molar-refractivity contribution in [3.05, 3.63) is 40.9 Å². The van der Waals surface area contributed by atoms with Crippen LogP contribution in [-0.4, -0.2) is 41.7 Å². The first-order valence-corrected chi connectivity index (χ1v) is 9.54. The minimum Gasteiger partial charge on any atom is -0.481 e. The Morgan fingerprint density at radius 1 is 1.35 bits per heavy atom. The van der Waals surface area contributed by atoms with E-state index in [0.29, 0.717) is 37.3 Å². The number of amides is 1. The smallest absolute Gasteiger partial charge is 0.308 e. The number of aliphatic carboxylic acids is 1. The maximum absolute atomic E-state index is 12.5. The quantitative estimate of drug-likeness (QED) is 0.811. The molecule has 3 rings (SSSR count). The van der Waals surface area contributed by atoms with Crippen molar-refractivity contribution in [3.8, 4) is 10.6 Å². The number of carboxylic acid groups (broad SMARTS) is 1. The molecule has 0 saturated carbocycles. The first-order chi connectivity index (χ1) is 12.6. The highest BCUT2D eigenvalue weighted by Crippen LogP contribution is 2.25. The minimum atomic E-state index is -0.875. The zero-order chi connectivity index (χ0) is 18.5. The van der Waals surface area contributed by atoms with E-state index in [0.717, 1.165) is 10.6 Å². The summed E-state index contributed by atoms with van der Waals surface area (Å²) in [5.74, 6) is -1.73. The van der Waals surface area contributed by atoms with Crippen molar-refractivity contribution in [1.82, 2.24) is 10.3 Å². The third-order valence-corrected chi connectivity index (χ3v) is 5.63. The number of aromatic nitrogens is 1. The number of aryl methyl sites for hydroxylation is 1. The Balaban J connectivity index is 1.66. The number of rotatable bonds is 6. The molecule has 2 aromatic rings. The number of carbonyl (C=O) groups excluding carboxylic acids is 1. The molecule has 3 heterocycles. The van der Waals surface area contributed by atoms with Crippen molar-refractivity contribution in [2.24, 2.45) is 11.8 Å². The second-order valence-electron chi connectivity index (χ2n) is 6.41. The lowest BCUT2D eigenvalue weighted by Crippen LogP contribution is -2.39. The fourth-order valence-electron chi connectivity index (χ4n) is 3.23. The molecule has 1 atom stereocenters. The largest absolute Gasteiger partial charge is 0.481 e. The standard InChI is InChI=1S/C19H22N2O4S/c1-12-14(4-5-16(21-12)17-3-2-10-26-17)18(22)20-11-15(19(23)24)13-6-8-25-9-7-13/h2-5,10,13,15H,6-9,11H2,1H3,(H,20,22)(H,23,24). The fourth-order valence-corrected chi connectivity index (χ4v) is 3.93. The lowest BCUT2D eigenvalue weighted by Gasteiger charge is -2.27. The van der Waals surface area contributed by atoms with E-state index < -0.39 is 11.9 Å². The average molecular weight is 374 g/mol. The predicted octanol–water partition coefficient (Wildman–Crippen LogP) is 2.98. The number of ether oxygens (including phenoxy) is 1. The molecule has 2 N–H and O–H groups in total. The molecule has 0 aliphatic carbocycles. The molecule has 7 heteroatoms. The van der Waals surface area contributed by atoms with Crippen LogP contribution in [0.4, 0.5) is 0 Å². The third-order valence-electron chi connectivity index (χ3n) is 4.74. The zero-order valence-electron chi connectivity index (χ0n) is 14.6. The minimum absolute atomic E-state index is 0.0296. The van der Waals surface area contributed by atoms with Crippen molar-refractivity contribution < 1.29 is 19.4 Å². The highest BCUT2D eigenvalue weighted by atomic mass is 32.1. The summed E-state index contributed by atoms with van der Waals surface area (Å²) in [4.78, 5) is 29.6. The highest BCUT2D eigenvalue weighted by Gasteiger charge is 2.30. The van der Waals surface area contributed by atoms with Crippen LogP contribution in [0.1, 0.15) is 28.9 Å². The Bertz CT molecular complexity index is 770. The Labute approximate surface area is 156 Å². The van der Waals surface area contributed by atoms with Crippen LogP contribution < -0.4 is 5.32 Å². The number of pyridine rings is 1. The Morgan fingerprint density at radius 2 is 2.12 bits per heavy atom. The lowest BCUT2D eigenvalue weighted by atomic mass is 9.86. The van der Waals surface area contributed by atoms with E-state index in [9.17, 15) is 14.7 Å². The predicted molar refractivity (Wildman–Crippen MR) is 99.3 cm³/mol. The van der Waals surface area contributed by atoms with Crippen LogP contribution in [0.3, 0.4) is 0 Å². The van der Waals surface area contributed by atoms with Crippen LogP contribution in [0.15, 0.2) is 29.6 Å². The van der Waals surface area contributed by atoms with Gasteiger partial charge < -0.3 is 15.2 Å². The Hall–Kier alpha value is -2.25. The maximum atomic E-state index is 12.5. The molecule has 26 heavy (non-hydrogen) atoms. The molecular formula is C19H22N2O4S. The van der Waals surface area contributed by atoms with Crippen molar-refractivity contribution in [2.45, 2.75) is 19.8 Å². The summed E-state index contributed by atoms with van der Waals surface area (Å²) in [6.07, 6.45) is 1.42. The van der Waals surface area contributed by atoms with Gasteiger partial charge in [-0.05, 0) is 49.3 Å². The van der Waals surface area contributed by atoms with Crippen LogP contribution in [-0.2, 0) is 9.53 Å². The summed E-state index contributed by atoms with van der Waals surface area (Å²) in [7, 11) is 0. The highest BCUT2D eigenvalue weighted by molar-refractivity contribution is 7.13. The topological polar surface area (TPSA) is 88.5 Å². The Kier molecular flexibility index (Phi) is 6.00. The van der Waals surface area contributed by atoms with Crippen LogP contribution in [0, 0.1) is 18.8 Å². The second-order valence-corrected chi connectivity index (χ2v) is 7.36. The van der Waals surface area contributed by atoms with Gasteiger partial charge in [0.1, 0.15) is 0 Å². The van der Waals surface area contributed by atoms with E-state index in [2.05, 4.69) is 10.3 Å². The molecule has 2 aromatic heterocycles. The van der Waals surface area contributed by atoms with Crippen molar-refractivity contribution in [3.63, 3.8) is 0 Å². The first-order valence-electron chi connectivity index (χ1n) is 8.66. The number of carbonyl (C=O) groups is 2. The van der Waals surface area contributed by atoms with E-state index in [1.807, 2.05) is 23.6 Å². The van der Waals surface area contributed by atoms with Gasteiger partial charge in [-0.15, -0.1) is 11.3 Å². The zero-order valence-corrected chi connectivity index (χ0v) is 15.4. The van der Waals surface area contributed by atoms with Gasteiger partial charge in [-0.1, -0.05) is 6.07 Å². The monoisotopic (exact) mass is 374 g/mol. The summed E-state index contributed by atoms with van der Waals surface area (Å²) in [5.41, 5.74) is 1.94. The van der Waals surface area contributed by atoms with Gasteiger partial charge in [-0.2, -0.15) is 0 Å². The van der Waals surface area contributed by atoms with Gasteiger partial charge in [0.15, 0.2) is 0 Å². The summed E-state index contributed by atoms with van der Waals surface area (Å²) in [6, 6.07) is 7.51. The molecule has 138 valence electrons. The molecule has 1 saturated heterocycles. The van der Waals surface area contributed by atoms with E-state index in [1.165, 1.54) is 0 Å². The molecule has 1 unspecified atom stereocenters. The van der Waals surface area contributed by atoms with Gasteiger partial charge in [-0.3, -0.25) is 14.6 Å². The van der Waals surface area contributed by atoms with E-state index in [-0.39, 0.29) is 18.4 Å². The number of thiophene rings is 1. The van der Waals surface area contributed by atoms with Crippen LogP contribution in [0.25, 0.3) is 10.6 Å². The molecule has 1 aliphatic rings. The van der Waals surface area contributed by atoms with Crippen LogP contribution >= 0.6 is 11.3 Å². The molecule has 1 fully saturated rings. The number of nitrogens with zero attached hydrogens (tertiary/aromatic N) is 1. The van der Waals surface area contributed by atoms with Crippen LogP contribution in [0.2, 0.25) is 0 Å². The normalized spacial score (nSPS) is 16.2. The third kappa shape index (κ3) is 4.28. The van der Waals surface area contributed by atoms with E-state index in [4.69, 9.17) is 4.74 Å². The van der Waals surface area contributed by atoms with E-state index in [1.54, 1.807) is 24.3 Å². The van der Waals surface area contributed by atoms with Gasteiger partial charge in [0.05, 0.1) is 27.7 Å². The Morgan fingerprint density at radius 3 is 2.73 bits per heavy atom. The second kappa shape index (κ2) is 8.42. The van der Waals surface area contributed by atoms with Crippen molar-refractivity contribution >= 4 is 23.2 Å². The van der Waals surface area contributed by atoms with Gasteiger partial charge in [-0.25, -0.2) is 0 Å². The summed E-state index contributed by atoms with van der Waals surface area (Å²) in [5, 5.41) is 14.3. The maximum Gasteiger partial charge on any atom is 0.308 e. The van der Waals surface area contributed by atoms with Crippen molar-refractivity contribution in [2.75, 3.05) is 19.8 Å². The van der Waals surface area contributed by atoms with Crippen LogP contribution in [0.5, 0.6) is 0 Å². The van der Waals surface area contributed by atoms with Gasteiger partial charge in [0, 0.05) is 19.8 Å². The van der Waals surface area contributed by atoms with E-state index >= 15 is 0 Å².